The lowest BCUT2D eigenvalue weighted by molar-refractivity contribution is 0.416. The molecule has 2 rings (SSSR count). The fraction of sp³-hybridized carbons (Fsp3) is 0.182. The Morgan fingerprint density at radius 2 is 2.41 bits per heavy atom. The van der Waals surface area contributed by atoms with Crippen LogP contribution in [0.4, 0.5) is 5.69 Å². The summed E-state index contributed by atoms with van der Waals surface area (Å²) in [5.41, 5.74) is 2.07. The van der Waals surface area contributed by atoms with Crippen LogP contribution in [0.3, 0.4) is 0 Å². The number of methoxy groups -OCH3 is 1. The van der Waals surface area contributed by atoms with Crippen LogP contribution in [0.5, 0.6) is 5.75 Å². The highest BCUT2D eigenvalue weighted by Gasteiger charge is 2.08. The molecule has 6 heteroatoms. The molecule has 0 aliphatic heterocycles. The number of para-hydroxylation sites is 1. The van der Waals surface area contributed by atoms with E-state index in [9.17, 15) is 0 Å². The van der Waals surface area contributed by atoms with E-state index >= 15 is 0 Å². The maximum atomic E-state index is 9.02. The van der Waals surface area contributed by atoms with Crippen molar-refractivity contribution >= 4 is 17.2 Å². The molecule has 0 aliphatic rings. The number of ether oxygens (including phenoxy) is 1. The molecule has 0 atom stereocenters. The quantitative estimate of drug-likeness (QED) is 0.893. The fourth-order valence-corrected chi connectivity index (χ4v) is 1.87. The van der Waals surface area contributed by atoms with Crippen LogP contribution in [0.15, 0.2) is 23.6 Å². The average Bonchev–Trinajstić information content (AvgIpc) is 2.88. The molecule has 0 bridgehead atoms. The van der Waals surface area contributed by atoms with Gasteiger partial charge in [-0.2, -0.15) is 5.26 Å². The van der Waals surface area contributed by atoms with Gasteiger partial charge in [0.15, 0.2) is 0 Å². The number of hydrogen-bond donors (Lipinski definition) is 1. The Kier molecular flexibility index (Phi) is 3.52. The third-order valence-corrected chi connectivity index (χ3v) is 2.77. The molecular formula is C11H10N4OS. The number of hydrogen-bond acceptors (Lipinski definition) is 6. The first-order chi connectivity index (χ1) is 8.35. The lowest BCUT2D eigenvalue weighted by Gasteiger charge is -2.11. The third kappa shape index (κ3) is 2.52. The van der Waals surface area contributed by atoms with Crippen LogP contribution in [0.2, 0.25) is 0 Å². The molecule has 0 spiro atoms. The molecule has 0 amide bonds. The zero-order valence-corrected chi connectivity index (χ0v) is 9.99. The number of rotatable bonds is 4. The van der Waals surface area contributed by atoms with Gasteiger partial charge in [0.25, 0.3) is 0 Å². The normalized spacial score (nSPS) is 9.65. The highest BCUT2D eigenvalue weighted by atomic mass is 32.1. The third-order valence-electron chi connectivity index (χ3n) is 2.22. The van der Waals surface area contributed by atoms with Crippen LogP contribution >= 0.6 is 11.5 Å². The van der Waals surface area contributed by atoms with Crippen LogP contribution in [-0.2, 0) is 6.54 Å². The van der Waals surface area contributed by atoms with Crippen molar-refractivity contribution in [3.63, 3.8) is 0 Å². The molecule has 1 N–H and O–H groups in total. The van der Waals surface area contributed by atoms with Gasteiger partial charge in [-0.25, -0.2) is 0 Å². The summed E-state index contributed by atoms with van der Waals surface area (Å²) < 4.78 is 8.99. The first kappa shape index (κ1) is 11.4. The van der Waals surface area contributed by atoms with Gasteiger partial charge in [-0.05, 0) is 23.7 Å². The van der Waals surface area contributed by atoms with Gasteiger partial charge in [0.2, 0.25) is 0 Å². The summed E-state index contributed by atoms with van der Waals surface area (Å²) in [7, 11) is 1.58. The molecule has 0 saturated heterocycles. The largest absolute Gasteiger partial charge is 0.495 e. The first-order valence-corrected chi connectivity index (χ1v) is 5.75. The van der Waals surface area contributed by atoms with Crippen molar-refractivity contribution < 1.29 is 4.74 Å². The van der Waals surface area contributed by atoms with Gasteiger partial charge in [-0.1, -0.05) is 10.6 Å². The molecule has 17 heavy (non-hydrogen) atoms. The Labute approximate surface area is 103 Å². The van der Waals surface area contributed by atoms with Crippen molar-refractivity contribution in [3.8, 4) is 11.8 Å². The van der Waals surface area contributed by atoms with Crippen molar-refractivity contribution in [1.29, 1.82) is 5.26 Å². The summed E-state index contributed by atoms with van der Waals surface area (Å²) in [6.07, 6.45) is 0. The number of nitrogens with zero attached hydrogens (tertiary/aromatic N) is 3. The van der Waals surface area contributed by atoms with E-state index in [1.807, 2.05) is 11.4 Å². The van der Waals surface area contributed by atoms with E-state index in [0.717, 1.165) is 5.69 Å². The van der Waals surface area contributed by atoms with E-state index in [1.165, 1.54) is 11.5 Å². The van der Waals surface area contributed by atoms with Crippen LogP contribution in [0.1, 0.15) is 11.3 Å². The van der Waals surface area contributed by atoms with Crippen LogP contribution in [0.25, 0.3) is 0 Å². The second-order valence-electron chi connectivity index (χ2n) is 3.24. The highest BCUT2D eigenvalue weighted by Crippen LogP contribution is 2.28. The van der Waals surface area contributed by atoms with E-state index in [0.29, 0.717) is 23.5 Å². The summed E-state index contributed by atoms with van der Waals surface area (Å²) in [5.74, 6) is 0.646. The molecule has 2 aromatic rings. The topological polar surface area (TPSA) is 70.8 Å². The first-order valence-electron chi connectivity index (χ1n) is 4.92. The summed E-state index contributed by atoms with van der Waals surface area (Å²) in [5, 5.41) is 17.9. The van der Waals surface area contributed by atoms with Gasteiger partial charge in [0.1, 0.15) is 11.8 Å². The standard InChI is InChI=1S/C11H10N4OS/c1-16-10-4-2-3-8(5-12)11(10)13-6-9-7-17-15-14-9/h2-4,7,13H,6H2,1H3. The minimum atomic E-state index is 0.519. The van der Waals surface area contributed by atoms with Crippen LogP contribution < -0.4 is 10.1 Å². The zero-order valence-electron chi connectivity index (χ0n) is 9.17. The number of benzene rings is 1. The number of nitrogens with one attached hydrogen (secondary N) is 1. The van der Waals surface area contributed by atoms with Crippen LogP contribution in [-0.4, -0.2) is 16.7 Å². The Balaban J connectivity index is 2.22. The van der Waals surface area contributed by atoms with E-state index in [1.54, 1.807) is 19.2 Å². The molecule has 5 nitrogen and oxygen atoms in total. The van der Waals surface area contributed by atoms with Crippen LogP contribution in [0, 0.1) is 11.3 Å². The molecule has 1 aromatic heterocycles. The monoisotopic (exact) mass is 246 g/mol. The highest BCUT2D eigenvalue weighted by molar-refractivity contribution is 7.03. The molecule has 1 aromatic carbocycles. The molecule has 0 saturated carbocycles. The predicted octanol–water partition coefficient (Wildman–Crippen LogP) is 2.03. The molecule has 0 unspecified atom stereocenters. The molecule has 1 heterocycles. The van der Waals surface area contributed by atoms with Gasteiger partial charge >= 0.3 is 0 Å². The second-order valence-corrected chi connectivity index (χ2v) is 3.85. The molecule has 0 aliphatic carbocycles. The van der Waals surface area contributed by atoms with E-state index < -0.39 is 0 Å². The average molecular weight is 246 g/mol. The number of anilines is 1. The molecular weight excluding hydrogens is 236 g/mol. The van der Waals surface area contributed by atoms with Gasteiger partial charge in [-0.15, -0.1) is 5.10 Å². The van der Waals surface area contributed by atoms with E-state index in [4.69, 9.17) is 10.00 Å². The Morgan fingerprint density at radius 3 is 3.06 bits per heavy atom. The second kappa shape index (κ2) is 5.27. The minimum Gasteiger partial charge on any atom is -0.495 e. The number of aromatic nitrogens is 2. The summed E-state index contributed by atoms with van der Waals surface area (Å²) in [6, 6.07) is 7.46. The van der Waals surface area contributed by atoms with Crippen molar-refractivity contribution in [2.75, 3.05) is 12.4 Å². The lowest BCUT2D eigenvalue weighted by Crippen LogP contribution is -2.03. The summed E-state index contributed by atoms with van der Waals surface area (Å²) >= 11 is 1.30. The van der Waals surface area contributed by atoms with Crippen molar-refractivity contribution in [2.24, 2.45) is 0 Å². The Bertz CT molecular complexity index is 533. The number of nitriles is 1. The van der Waals surface area contributed by atoms with E-state index in [-0.39, 0.29) is 0 Å². The van der Waals surface area contributed by atoms with Gasteiger partial charge in [0, 0.05) is 5.38 Å². The maximum Gasteiger partial charge on any atom is 0.143 e. The maximum absolute atomic E-state index is 9.02. The van der Waals surface area contributed by atoms with Gasteiger partial charge in [-0.3, -0.25) is 0 Å². The molecule has 86 valence electrons. The van der Waals surface area contributed by atoms with Gasteiger partial charge < -0.3 is 10.1 Å². The SMILES string of the molecule is COc1cccc(C#N)c1NCc1csnn1. The van der Waals surface area contributed by atoms with Crippen molar-refractivity contribution in [2.45, 2.75) is 6.54 Å². The fourth-order valence-electron chi connectivity index (χ4n) is 1.42. The zero-order chi connectivity index (χ0) is 12.1. The smallest absolute Gasteiger partial charge is 0.143 e. The minimum absolute atomic E-state index is 0.519. The molecule has 0 radical (unpaired) electrons. The van der Waals surface area contributed by atoms with Gasteiger partial charge in [0.05, 0.1) is 30.6 Å². The van der Waals surface area contributed by atoms with Crippen molar-refractivity contribution in [3.05, 3.63) is 34.8 Å². The molecule has 0 fully saturated rings. The Hall–Kier alpha value is -2.13. The lowest BCUT2D eigenvalue weighted by atomic mass is 10.1. The Morgan fingerprint density at radius 1 is 1.53 bits per heavy atom. The van der Waals surface area contributed by atoms with Crippen molar-refractivity contribution in [1.82, 2.24) is 9.59 Å². The predicted molar refractivity (Wildman–Crippen MR) is 64.9 cm³/mol. The summed E-state index contributed by atoms with van der Waals surface area (Å²) in [4.78, 5) is 0. The summed E-state index contributed by atoms with van der Waals surface area (Å²) in [6.45, 7) is 0.519. The van der Waals surface area contributed by atoms with E-state index in [2.05, 4.69) is 21.0 Å².